The van der Waals surface area contributed by atoms with E-state index in [1.807, 2.05) is 32.9 Å². The molecular formula is C15H21NO2. The highest BCUT2D eigenvalue weighted by molar-refractivity contribution is 5.71. The van der Waals surface area contributed by atoms with E-state index in [1.165, 1.54) is 0 Å². The number of hydrogen-bond acceptors (Lipinski definition) is 2. The van der Waals surface area contributed by atoms with Gasteiger partial charge in [0, 0.05) is 5.70 Å². The van der Waals surface area contributed by atoms with Crippen LogP contribution in [0.15, 0.2) is 60.4 Å². The Morgan fingerprint density at radius 3 is 2.50 bits per heavy atom. The lowest BCUT2D eigenvalue weighted by Gasteiger charge is -2.10. The second-order valence-electron chi connectivity index (χ2n) is 3.66. The molecule has 0 aromatic rings. The van der Waals surface area contributed by atoms with Crippen LogP contribution in [0.3, 0.4) is 0 Å². The van der Waals surface area contributed by atoms with E-state index in [2.05, 4.69) is 18.5 Å². The molecular weight excluding hydrogens is 226 g/mol. The zero-order chi connectivity index (χ0) is 14.0. The van der Waals surface area contributed by atoms with E-state index in [1.54, 1.807) is 18.2 Å². The van der Waals surface area contributed by atoms with Gasteiger partial charge in [-0.15, -0.1) is 0 Å². The molecule has 0 aromatic carbocycles. The van der Waals surface area contributed by atoms with Crippen LogP contribution in [0.5, 0.6) is 0 Å². The standard InChI is InChI=1S/C15H21NO2/c1-6-9-13(10-7-2)11-18-15(17)16-14(8-3)12(4)5/h6-10H,1,4,11H2,2-3,5H3,(H,16,17)/b10-7-,13-9+,14-8-. The van der Waals surface area contributed by atoms with Crippen molar-refractivity contribution < 1.29 is 9.53 Å². The molecule has 0 saturated heterocycles. The number of nitrogens with one attached hydrogen (secondary N) is 1. The van der Waals surface area contributed by atoms with Gasteiger partial charge in [0.25, 0.3) is 0 Å². The van der Waals surface area contributed by atoms with Gasteiger partial charge in [0.15, 0.2) is 0 Å². The molecule has 0 aliphatic rings. The third-order valence-corrected chi connectivity index (χ3v) is 2.07. The van der Waals surface area contributed by atoms with Crippen molar-refractivity contribution >= 4 is 6.09 Å². The molecule has 0 radical (unpaired) electrons. The molecule has 1 amide bonds. The van der Waals surface area contributed by atoms with E-state index >= 15 is 0 Å². The van der Waals surface area contributed by atoms with Crippen molar-refractivity contribution in [1.29, 1.82) is 0 Å². The summed E-state index contributed by atoms with van der Waals surface area (Å²) in [7, 11) is 0. The van der Waals surface area contributed by atoms with E-state index < -0.39 is 6.09 Å². The maximum absolute atomic E-state index is 11.5. The van der Waals surface area contributed by atoms with E-state index in [4.69, 9.17) is 4.74 Å². The van der Waals surface area contributed by atoms with Crippen LogP contribution in [0, 0.1) is 0 Å². The van der Waals surface area contributed by atoms with E-state index in [0.29, 0.717) is 5.70 Å². The fourth-order valence-corrected chi connectivity index (χ4v) is 1.24. The van der Waals surface area contributed by atoms with Crippen LogP contribution in [0.2, 0.25) is 0 Å². The maximum Gasteiger partial charge on any atom is 0.411 e. The number of alkyl carbamates (subject to hydrolysis) is 1. The van der Waals surface area contributed by atoms with Gasteiger partial charge in [-0.3, -0.25) is 5.32 Å². The Morgan fingerprint density at radius 2 is 2.06 bits per heavy atom. The van der Waals surface area contributed by atoms with Crippen LogP contribution < -0.4 is 5.32 Å². The molecule has 0 heterocycles. The average Bonchev–Trinajstić information content (AvgIpc) is 2.33. The average molecular weight is 247 g/mol. The van der Waals surface area contributed by atoms with Crippen molar-refractivity contribution in [3.05, 3.63) is 60.4 Å². The molecule has 1 N–H and O–H groups in total. The van der Waals surface area contributed by atoms with Crippen molar-refractivity contribution in [2.45, 2.75) is 20.8 Å². The van der Waals surface area contributed by atoms with Gasteiger partial charge in [0.1, 0.15) is 6.61 Å². The Balaban J connectivity index is 4.38. The number of amides is 1. The molecule has 0 unspecified atom stereocenters. The monoisotopic (exact) mass is 247 g/mol. The van der Waals surface area contributed by atoms with Gasteiger partial charge in [-0.05, 0) is 31.9 Å². The summed E-state index contributed by atoms with van der Waals surface area (Å²) in [6.45, 7) is 13.1. The van der Waals surface area contributed by atoms with Crippen molar-refractivity contribution in [3.8, 4) is 0 Å². The second kappa shape index (κ2) is 9.05. The highest BCUT2D eigenvalue weighted by Gasteiger charge is 2.05. The molecule has 0 aromatic heterocycles. The molecule has 0 fully saturated rings. The van der Waals surface area contributed by atoms with Gasteiger partial charge in [0.05, 0.1) is 0 Å². The molecule has 18 heavy (non-hydrogen) atoms. The van der Waals surface area contributed by atoms with Gasteiger partial charge in [-0.2, -0.15) is 0 Å². The first-order chi connectivity index (χ1) is 8.54. The lowest BCUT2D eigenvalue weighted by Crippen LogP contribution is -2.24. The van der Waals surface area contributed by atoms with Crippen LogP contribution >= 0.6 is 0 Å². The number of hydrogen-bond donors (Lipinski definition) is 1. The smallest absolute Gasteiger partial charge is 0.411 e. The van der Waals surface area contributed by atoms with Crippen LogP contribution in [0.25, 0.3) is 0 Å². The second-order valence-corrected chi connectivity index (χ2v) is 3.66. The summed E-state index contributed by atoms with van der Waals surface area (Å²) in [6, 6.07) is 0. The van der Waals surface area contributed by atoms with Gasteiger partial charge >= 0.3 is 6.09 Å². The molecule has 0 atom stereocenters. The predicted octanol–water partition coefficient (Wildman–Crippen LogP) is 3.88. The molecule has 0 rings (SSSR count). The number of ether oxygens (including phenoxy) is 1. The third kappa shape index (κ3) is 6.53. The summed E-state index contributed by atoms with van der Waals surface area (Å²) in [5, 5.41) is 2.63. The summed E-state index contributed by atoms with van der Waals surface area (Å²) < 4.78 is 5.09. The Kier molecular flexibility index (Phi) is 8.03. The van der Waals surface area contributed by atoms with Gasteiger partial charge < -0.3 is 4.74 Å². The number of carbonyl (C=O) groups is 1. The van der Waals surface area contributed by atoms with Crippen LogP contribution in [-0.2, 0) is 4.74 Å². The van der Waals surface area contributed by atoms with E-state index in [-0.39, 0.29) is 6.61 Å². The fourth-order valence-electron chi connectivity index (χ4n) is 1.24. The van der Waals surface area contributed by atoms with Crippen molar-refractivity contribution in [2.24, 2.45) is 0 Å². The lowest BCUT2D eigenvalue weighted by molar-refractivity contribution is 0.159. The molecule has 0 aliphatic carbocycles. The number of allylic oxidation sites excluding steroid dienone is 5. The molecule has 3 heteroatoms. The van der Waals surface area contributed by atoms with E-state index in [0.717, 1.165) is 11.1 Å². The van der Waals surface area contributed by atoms with Crippen molar-refractivity contribution in [3.63, 3.8) is 0 Å². The predicted molar refractivity (Wildman–Crippen MR) is 76.1 cm³/mol. The minimum atomic E-state index is -0.495. The minimum Gasteiger partial charge on any atom is -0.444 e. The summed E-state index contributed by atoms with van der Waals surface area (Å²) in [5.41, 5.74) is 2.32. The molecule has 3 nitrogen and oxygen atoms in total. The van der Waals surface area contributed by atoms with Crippen LogP contribution in [-0.4, -0.2) is 12.7 Å². The highest BCUT2D eigenvalue weighted by atomic mass is 16.5. The molecule has 0 spiro atoms. The van der Waals surface area contributed by atoms with Gasteiger partial charge in [-0.25, -0.2) is 4.79 Å². The minimum absolute atomic E-state index is 0.204. The molecule has 0 saturated carbocycles. The Morgan fingerprint density at radius 1 is 1.39 bits per heavy atom. The topological polar surface area (TPSA) is 38.3 Å². The van der Waals surface area contributed by atoms with Crippen LogP contribution in [0.1, 0.15) is 20.8 Å². The maximum atomic E-state index is 11.5. The van der Waals surface area contributed by atoms with E-state index in [9.17, 15) is 4.79 Å². The molecule has 98 valence electrons. The zero-order valence-corrected chi connectivity index (χ0v) is 11.3. The lowest BCUT2D eigenvalue weighted by atomic mass is 10.2. The summed E-state index contributed by atoms with van der Waals surface area (Å²) in [6.07, 6.45) is 8.47. The third-order valence-electron chi connectivity index (χ3n) is 2.07. The first-order valence-electron chi connectivity index (χ1n) is 5.75. The van der Waals surface area contributed by atoms with Crippen molar-refractivity contribution in [2.75, 3.05) is 6.61 Å². The Hall–Kier alpha value is -2.03. The Labute approximate surface area is 109 Å². The highest BCUT2D eigenvalue weighted by Crippen LogP contribution is 2.04. The first kappa shape index (κ1) is 16.0. The quantitative estimate of drug-likeness (QED) is 0.723. The normalized spacial score (nSPS) is 12.4. The molecule has 0 aliphatic heterocycles. The largest absolute Gasteiger partial charge is 0.444 e. The Bertz CT molecular complexity index is 401. The van der Waals surface area contributed by atoms with Gasteiger partial charge in [-0.1, -0.05) is 43.5 Å². The number of rotatable bonds is 6. The summed E-state index contributed by atoms with van der Waals surface area (Å²) in [5.74, 6) is 0. The fraction of sp³-hybridized carbons (Fsp3) is 0.267. The van der Waals surface area contributed by atoms with Gasteiger partial charge in [0.2, 0.25) is 0 Å². The van der Waals surface area contributed by atoms with Crippen molar-refractivity contribution in [1.82, 2.24) is 5.32 Å². The first-order valence-corrected chi connectivity index (χ1v) is 5.75. The summed E-state index contributed by atoms with van der Waals surface area (Å²) >= 11 is 0. The summed E-state index contributed by atoms with van der Waals surface area (Å²) in [4.78, 5) is 11.5. The van der Waals surface area contributed by atoms with Crippen LogP contribution in [0.4, 0.5) is 4.79 Å². The SMILES string of the molecule is C=C/C=C(\C=C/C)COC(=O)N/C(=C\C)C(=C)C. The zero-order valence-electron chi connectivity index (χ0n) is 11.3. The molecule has 0 bridgehead atoms. The number of carbonyl (C=O) groups excluding carboxylic acids is 1.